The normalized spacial score (nSPS) is 21.4. The number of halogens is 3. The first-order valence-corrected chi connectivity index (χ1v) is 14.4. The molecule has 0 saturated carbocycles. The molecular weight excluding hydrogens is 533 g/mol. The molecule has 0 N–H and O–H groups in total. The predicted molar refractivity (Wildman–Crippen MR) is 139 cm³/mol. The highest BCUT2D eigenvalue weighted by atomic mass is 35.5. The molecule has 2 aliphatic heterocycles. The van der Waals surface area contributed by atoms with Crippen LogP contribution in [0.15, 0.2) is 42.5 Å². The number of hydrogen-bond donors (Lipinski definition) is 0. The van der Waals surface area contributed by atoms with Crippen LogP contribution in [-0.4, -0.2) is 80.7 Å². The van der Waals surface area contributed by atoms with E-state index in [1.165, 1.54) is 10.6 Å². The molecule has 0 unspecified atom stereocenters. The van der Waals surface area contributed by atoms with E-state index >= 15 is 0 Å². The Hall–Kier alpha value is -1.71. The van der Waals surface area contributed by atoms with Crippen molar-refractivity contribution in [2.24, 2.45) is 5.92 Å². The molecule has 0 aromatic heterocycles. The predicted octanol–water partition coefficient (Wildman–Crippen LogP) is 4.83. The van der Waals surface area contributed by atoms with Crippen molar-refractivity contribution in [1.82, 2.24) is 14.1 Å². The molecule has 2 aromatic rings. The van der Waals surface area contributed by atoms with Gasteiger partial charge in [-0.2, -0.15) is 4.31 Å². The molecule has 35 heavy (non-hydrogen) atoms. The fraction of sp³-hybridized carbons (Fsp3) is 0.458. The monoisotopic (exact) mass is 559 g/mol. The van der Waals surface area contributed by atoms with Gasteiger partial charge < -0.3 is 14.5 Å². The van der Waals surface area contributed by atoms with Crippen LogP contribution in [0.25, 0.3) is 0 Å². The summed E-state index contributed by atoms with van der Waals surface area (Å²) in [7, 11) is -3.25. The molecule has 2 fully saturated rings. The van der Waals surface area contributed by atoms with Crippen LogP contribution in [0.1, 0.15) is 17.9 Å². The third kappa shape index (κ3) is 6.54. The van der Waals surface area contributed by atoms with Gasteiger partial charge in [-0.1, -0.05) is 46.9 Å². The minimum Gasteiger partial charge on any atom is -0.494 e. The number of carbonyl (C=O) groups is 1. The van der Waals surface area contributed by atoms with Crippen molar-refractivity contribution in [3.8, 4) is 5.75 Å². The third-order valence-electron chi connectivity index (χ3n) is 6.61. The van der Waals surface area contributed by atoms with Gasteiger partial charge in [0, 0.05) is 50.2 Å². The summed E-state index contributed by atoms with van der Waals surface area (Å²) in [5.41, 5.74) is 1.03. The average molecular weight is 561 g/mol. The fourth-order valence-electron chi connectivity index (χ4n) is 4.74. The SMILES string of the molecule is CS(=O)(=O)N1CCN(C(=O)N2C[C@@H](CCOc3cccc(Cl)c3)[C@@H](c3ccc(Cl)c(Cl)c3)C2)CC1. The summed E-state index contributed by atoms with van der Waals surface area (Å²) < 4.78 is 31.0. The van der Waals surface area contributed by atoms with Gasteiger partial charge in [0.05, 0.1) is 22.9 Å². The molecule has 0 spiro atoms. The van der Waals surface area contributed by atoms with E-state index in [-0.39, 0.29) is 17.9 Å². The van der Waals surface area contributed by atoms with Crippen LogP contribution in [0, 0.1) is 5.92 Å². The van der Waals surface area contributed by atoms with Crippen molar-refractivity contribution in [3.05, 3.63) is 63.1 Å². The third-order valence-corrected chi connectivity index (χ3v) is 8.89. The standard InChI is InChI=1S/C24H28Cl3N3O4S/c1-35(32,33)30-10-8-28(9-11-30)24(31)29-15-18(7-12-34-20-4-2-3-19(25)14-20)21(16-29)17-5-6-22(26)23(27)13-17/h2-6,13-14,18,21H,7-12,15-16H2,1H3/t18-,21-/m1/s1. The van der Waals surface area contributed by atoms with Gasteiger partial charge in [0.2, 0.25) is 10.0 Å². The molecule has 2 aliphatic rings. The first kappa shape index (κ1) is 26.4. The highest BCUT2D eigenvalue weighted by Gasteiger charge is 2.38. The van der Waals surface area contributed by atoms with E-state index in [1.54, 1.807) is 23.1 Å². The van der Waals surface area contributed by atoms with Crippen LogP contribution in [-0.2, 0) is 10.0 Å². The van der Waals surface area contributed by atoms with Gasteiger partial charge >= 0.3 is 6.03 Å². The maximum absolute atomic E-state index is 13.3. The highest BCUT2D eigenvalue weighted by molar-refractivity contribution is 7.88. The van der Waals surface area contributed by atoms with Crippen LogP contribution in [0.5, 0.6) is 5.75 Å². The van der Waals surface area contributed by atoms with Crippen LogP contribution in [0.2, 0.25) is 15.1 Å². The lowest BCUT2D eigenvalue weighted by atomic mass is 9.87. The second-order valence-corrected chi connectivity index (χ2v) is 12.2. The number of rotatable bonds is 6. The Balaban J connectivity index is 1.44. The second kappa shape index (κ2) is 11.1. The number of benzene rings is 2. The number of ether oxygens (including phenoxy) is 1. The van der Waals surface area contributed by atoms with E-state index in [2.05, 4.69) is 0 Å². The van der Waals surface area contributed by atoms with Gasteiger partial charge in [0.15, 0.2) is 0 Å². The summed E-state index contributed by atoms with van der Waals surface area (Å²) in [5, 5.41) is 1.59. The van der Waals surface area contributed by atoms with Gasteiger partial charge in [-0.15, -0.1) is 0 Å². The number of amides is 2. The lowest BCUT2D eigenvalue weighted by Crippen LogP contribution is -2.53. The second-order valence-electron chi connectivity index (χ2n) is 8.97. The van der Waals surface area contributed by atoms with Gasteiger partial charge in [0.1, 0.15) is 5.75 Å². The zero-order valence-electron chi connectivity index (χ0n) is 19.4. The molecule has 0 bridgehead atoms. The number of sulfonamides is 1. The topological polar surface area (TPSA) is 70.2 Å². The van der Waals surface area contributed by atoms with Crippen LogP contribution >= 0.6 is 34.8 Å². The first-order valence-electron chi connectivity index (χ1n) is 11.4. The van der Waals surface area contributed by atoms with E-state index in [4.69, 9.17) is 39.5 Å². The van der Waals surface area contributed by atoms with Gasteiger partial charge in [0.25, 0.3) is 0 Å². The Labute approximate surface area is 221 Å². The first-order chi connectivity index (χ1) is 16.6. The Bertz CT molecular complexity index is 1170. The number of piperazine rings is 1. The average Bonchev–Trinajstić information content (AvgIpc) is 3.24. The van der Waals surface area contributed by atoms with E-state index in [9.17, 15) is 13.2 Å². The van der Waals surface area contributed by atoms with Crippen LogP contribution in [0.3, 0.4) is 0 Å². The minimum absolute atomic E-state index is 0.0681. The Morgan fingerprint density at radius 3 is 2.37 bits per heavy atom. The largest absolute Gasteiger partial charge is 0.494 e. The van der Waals surface area contributed by atoms with E-state index in [1.807, 2.05) is 29.2 Å². The Kier molecular flexibility index (Phi) is 8.38. The summed E-state index contributed by atoms with van der Waals surface area (Å²) in [6.45, 7) is 2.99. The van der Waals surface area contributed by atoms with Crippen molar-refractivity contribution in [3.63, 3.8) is 0 Å². The molecule has 4 rings (SSSR count). The minimum atomic E-state index is -3.25. The lowest BCUT2D eigenvalue weighted by Gasteiger charge is -2.35. The zero-order valence-corrected chi connectivity index (χ0v) is 22.5. The molecular formula is C24H28Cl3N3O4S. The van der Waals surface area contributed by atoms with E-state index in [0.717, 1.165) is 12.0 Å². The summed E-state index contributed by atoms with van der Waals surface area (Å²) in [4.78, 5) is 16.9. The Morgan fingerprint density at radius 2 is 1.71 bits per heavy atom. The van der Waals surface area contributed by atoms with Gasteiger partial charge in [-0.05, 0) is 48.2 Å². The van der Waals surface area contributed by atoms with Crippen molar-refractivity contribution < 1.29 is 17.9 Å². The van der Waals surface area contributed by atoms with Gasteiger partial charge in [-0.3, -0.25) is 0 Å². The molecule has 0 aliphatic carbocycles. The summed E-state index contributed by atoms with van der Waals surface area (Å²) in [6.07, 6.45) is 1.94. The number of nitrogens with zero attached hydrogens (tertiary/aromatic N) is 3. The number of urea groups is 1. The van der Waals surface area contributed by atoms with Crippen molar-refractivity contribution in [1.29, 1.82) is 0 Å². The van der Waals surface area contributed by atoms with Crippen molar-refractivity contribution in [2.75, 3.05) is 52.1 Å². The molecule has 2 saturated heterocycles. The van der Waals surface area contributed by atoms with E-state index < -0.39 is 10.0 Å². The summed E-state index contributed by atoms with van der Waals surface area (Å²) in [6, 6.07) is 12.8. The Morgan fingerprint density at radius 1 is 0.971 bits per heavy atom. The lowest BCUT2D eigenvalue weighted by molar-refractivity contribution is 0.140. The number of carbonyl (C=O) groups excluding carboxylic acids is 1. The van der Waals surface area contributed by atoms with Gasteiger partial charge in [-0.25, -0.2) is 13.2 Å². The summed E-state index contributed by atoms with van der Waals surface area (Å²) in [5.74, 6) is 0.944. The smallest absolute Gasteiger partial charge is 0.320 e. The van der Waals surface area contributed by atoms with Crippen LogP contribution < -0.4 is 4.74 Å². The molecule has 2 heterocycles. The molecule has 2 amide bonds. The summed E-state index contributed by atoms with van der Waals surface area (Å²) >= 11 is 18.5. The molecule has 0 radical (unpaired) electrons. The number of likely N-dealkylation sites (tertiary alicyclic amines) is 1. The fourth-order valence-corrected chi connectivity index (χ4v) is 6.05. The van der Waals surface area contributed by atoms with E-state index in [0.29, 0.717) is 66.7 Å². The van der Waals surface area contributed by atoms with Crippen molar-refractivity contribution in [2.45, 2.75) is 12.3 Å². The molecule has 2 atom stereocenters. The van der Waals surface area contributed by atoms with Crippen LogP contribution in [0.4, 0.5) is 4.79 Å². The molecule has 7 nitrogen and oxygen atoms in total. The number of hydrogen-bond acceptors (Lipinski definition) is 4. The molecule has 190 valence electrons. The van der Waals surface area contributed by atoms with Crippen molar-refractivity contribution >= 4 is 50.9 Å². The zero-order chi connectivity index (χ0) is 25.2. The highest BCUT2D eigenvalue weighted by Crippen LogP contribution is 2.38. The molecule has 2 aromatic carbocycles. The molecule has 11 heteroatoms. The maximum atomic E-state index is 13.3. The quantitative estimate of drug-likeness (QED) is 0.508. The maximum Gasteiger partial charge on any atom is 0.320 e.